The molecule has 0 saturated carbocycles. The average Bonchev–Trinajstić information content (AvgIpc) is 2.82. The molecule has 1 aromatic heterocycles. The summed E-state index contributed by atoms with van der Waals surface area (Å²) in [7, 11) is 0. The maximum atomic E-state index is 3.60. The average molecular weight is 183 g/mol. The summed E-state index contributed by atoms with van der Waals surface area (Å²) in [5.74, 6) is 0. The molecule has 1 fully saturated rings. The number of hydrogen-bond donors (Lipinski definition) is 2. The van der Waals surface area contributed by atoms with Gasteiger partial charge in [0.05, 0.1) is 0 Å². The topological polar surface area (TPSA) is 40.7 Å². The van der Waals surface area contributed by atoms with E-state index >= 15 is 0 Å². The van der Waals surface area contributed by atoms with Gasteiger partial charge in [-0.2, -0.15) is 5.10 Å². The fourth-order valence-electron chi connectivity index (χ4n) is 1.02. The molecule has 0 spiro atoms. The van der Waals surface area contributed by atoms with Gasteiger partial charge in [0.2, 0.25) is 0 Å². The minimum atomic E-state index is 1.25. The highest BCUT2D eigenvalue weighted by Gasteiger charge is 1.93. The first kappa shape index (κ1) is 12.2. The number of rotatable bonds is 0. The number of H-pyrrole nitrogens is 1. The van der Waals surface area contributed by atoms with Crippen molar-refractivity contribution in [1.29, 1.82) is 0 Å². The van der Waals surface area contributed by atoms with Crippen LogP contribution >= 0.6 is 0 Å². The van der Waals surface area contributed by atoms with Crippen LogP contribution in [0.25, 0.3) is 0 Å². The molecule has 3 nitrogen and oxygen atoms in total. The van der Waals surface area contributed by atoms with Gasteiger partial charge < -0.3 is 5.32 Å². The zero-order valence-electron chi connectivity index (χ0n) is 8.71. The Balaban J connectivity index is 0.000000189. The minimum absolute atomic E-state index is 1.25. The highest BCUT2D eigenvalue weighted by Crippen LogP contribution is 1.96. The largest absolute Gasteiger partial charge is 0.317 e. The van der Waals surface area contributed by atoms with Crippen LogP contribution in [0.2, 0.25) is 0 Å². The Labute approximate surface area is 80.9 Å². The van der Waals surface area contributed by atoms with Crippen LogP contribution in [-0.4, -0.2) is 23.3 Å². The van der Waals surface area contributed by atoms with Gasteiger partial charge in [-0.05, 0) is 32.0 Å². The molecule has 2 rings (SSSR count). The van der Waals surface area contributed by atoms with Gasteiger partial charge in [-0.25, -0.2) is 0 Å². The van der Waals surface area contributed by atoms with Crippen LogP contribution in [0, 0.1) is 0 Å². The maximum Gasteiger partial charge on any atom is 0.0487 e. The van der Waals surface area contributed by atoms with E-state index < -0.39 is 0 Å². The number of nitrogens with zero attached hydrogens (tertiary/aromatic N) is 1. The number of aromatic nitrogens is 2. The van der Waals surface area contributed by atoms with E-state index in [1.807, 2.05) is 19.9 Å². The van der Waals surface area contributed by atoms with Crippen LogP contribution < -0.4 is 5.32 Å². The Morgan fingerprint density at radius 3 is 1.92 bits per heavy atom. The lowest BCUT2D eigenvalue weighted by Crippen LogP contribution is -2.21. The molecule has 0 aromatic carbocycles. The zero-order chi connectivity index (χ0) is 9.78. The second-order valence-electron chi connectivity index (χ2n) is 2.58. The SMILES string of the molecule is C1CCNCC1.CC.c1cn[nH]c1. The van der Waals surface area contributed by atoms with Gasteiger partial charge in [0, 0.05) is 12.4 Å². The first-order valence-corrected chi connectivity index (χ1v) is 5.14. The molecule has 2 N–H and O–H groups in total. The van der Waals surface area contributed by atoms with Gasteiger partial charge in [-0.15, -0.1) is 0 Å². The van der Waals surface area contributed by atoms with E-state index in [2.05, 4.69) is 15.5 Å². The summed E-state index contributed by atoms with van der Waals surface area (Å²) in [5.41, 5.74) is 0. The third-order valence-corrected chi connectivity index (χ3v) is 1.61. The van der Waals surface area contributed by atoms with Crippen LogP contribution in [0.1, 0.15) is 33.1 Å². The van der Waals surface area contributed by atoms with Crippen molar-refractivity contribution >= 4 is 0 Å². The molecule has 1 aliphatic rings. The van der Waals surface area contributed by atoms with Crippen molar-refractivity contribution in [1.82, 2.24) is 15.5 Å². The molecule has 0 amide bonds. The van der Waals surface area contributed by atoms with E-state index in [1.165, 1.54) is 32.4 Å². The van der Waals surface area contributed by atoms with E-state index in [1.54, 1.807) is 12.4 Å². The lowest BCUT2D eigenvalue weighted by atomic mass is 10.2. The summed E-state index contributed by atoms with van der Waals surface area (Å²) in [4.78, 5) is 0. The van der Waals surface area contributed by atoms with E-state index in [0.717, 1.165) is 0 Å². The molecule has 0 radical (unpaired) electrons. The Bertz CT molecular complexity index is 116. The molecular weight excluding hydrogens is 162 g/mol. The number of nitrogens with one attached hydrogen (secondary N) is 2. The second kappa shape index (κ2) is 11.2. The van der Waals surface area contributed by atoms with Gasteiger partial charge in [-0.3, -0.25) is 5.10 Å². The highest BCUT2D eigenvalue weighted by atomic mass is 15.1. The van der Waals surface area contributed by atoms with Crippen molar-refractivity contribution in [2.75, 3.05) is 13.1 Å². The molecule has 1 aliphatic heterocycles. The van der Waals surface area contributed by atoms with E-state index in [0.29, 0.717) is 0 Å². The van der Waals surface area contributed by atoms with E-state index in [9.17, 15) is 0 Å². The summed E-state index contributed by atoms with van der Waals surface area (Å²) < 4.78 is 0. The summed E-state index contributed by atoms with van der Waals surface area (Å²) in [6.07, 6.45) is 7.67. The third-order valence-electron chi connectivity index (χ3n) is 1.61. The quantitative estimate of drug-likeness (QED) is 0.647. The minimum Gasteiger partial charge on any atom is -0.317 e. The van der Waals surface area contributed by atoms with Crippen LogP contribution in [0.5, 0.6) is 0 Å². The number of hydrogen-bond acceptors (Lipinski definition) is 2. The van der Waals surface area contributed by atoms with Crippen molar-refractivity contribution in [3.05, 3.63) is 18.5 Å². The maximum absolute atomic E-state index is 3.60. The summed E-state index contributed by atoms with van der Waals surface area (Å²) in [6.45, 7) is 6.50. The first-order valence-electron chi connectivity index (χ1n) is 5.14. The Kier molecular flexibility index (Phi) is 10.5. The molecule has 13 heavy (non-hydrogen) atoms. The van der Waals surface area contributed by atoms with Crippen LogP contribution in [0.4, 0.5) is 0 Å². The predicted octanol–water partition coefficient (Wildman–Crippen LogP) is 2.20. The van der Waals surface area contributed by atoms with E-state index in [-0.39, 0.29) is 0 Å². The summed E-state index contributed by atoms with van der Waals surface area (Å²) in [5, 5.41) is 9.49. The molecule has 0 atom stereocenters. The molecule has 76 valence electrons. The Morgan fingerprint density at radius 2 is 1.77 bits per heavy atom. The standard InChI is InChI=1S/C5H11N.C3H4N2.C2H6/c1-2-4-6-5-3-1;1-2-4-5-3-1;1-2/h6H,1-5H2;1-3H,(H,4,5);1-2H3. The van der Waals surface area contributed by atoms with Crippen LogP contribution in [0.3, 0.4) is 0 Å². The highest BCUT2D eigenvalue weighted by molar-refractivity contribution is 4.72. The van der Waals surface area contributed by atoms with Crippen molar-refractivity contribution < 1.29 is 0 Å². The second-order valence-corrected chi connectivity index (χ2v) is 2.58. The zero-order valence-corrected chi connectivity index (χ0v) is 8.71. The van der Waals surface area contributed by atoms with Gasteiger partial charge in [-0.1, -0.05) is 20.3 Å². The monoisotopic (exact) mass is 183 g/mol. The Hall–Kier alpha value is -0.830. The van der Waals surface area contributed by atoms with Gasteiger partial charge in [0.25, 0.3) is 0 Å². The van der Waals surface area contributed by atoms with Crippen molar-refractivity contribution in [3.8, 4) is 0 Å². The number of aromatic amines is 1. The predicted molar refractivity (Wildman–Crippen MR) is 56.7 cm³/mol. The summed E-state index contributed by atoms with van der Waals surface area (Å²) >= 11 is 0. The third kappa shape index (κ3) is 9.08. The molecule has 0 unspecified atom stereocenters. The Morgan fingerprint density at radius 1 is 1.08 bits per heavy atom. The van der Waals surface area contributed by atoms with Gasteiger partial charge in [0.15, 0.2) is 0 Å². The number of piperidine rings is 1. The molecule has 0 aliphatic carbocycles. The van der Waals surface area contributed by atoms with Gasteiger partial charge in [0.1, 0.15) is 0 Å². The van der Waals surface area contributed by atoms with Crippen LogP contribution in [-0.2, 0) is 0 Å². The molecular formula is C10H21N3. The fourth-order valence-corrected chi connectivity index (χ4v) is 1.02. The van der Waals surface area contributed by atoms with Crippen molar-refractivity contribution in [2.24, 2.45) is 0 Å². The van der Waals surface area contributed by atoms with Crippen molar-refractivity contribution in [2.45, 2.75) is 33.1 Å². The molecule has 3 heteroatoms. The molecule has 0 bridgehead atoms. The lowest BCUT2D eigenvalue weighted by Gasteiger charge is -2.08. The lowest BCUT2D eigenvalue weighted by molar-refractivity contribution is 0.520. The van der Waals surface area contributed by atoms with Gasteiger partial charge >= 0.3 is 0 Å². The van der Waals surface area contributed by atoms with Crippen LogP contribution in [0.15, 0.2) is 18.5 Å². The van der Waals surface area contributed by atoms with E-state index in [4.69, 9.17) is 0 Å². The smallest absolute Gasteiger partial charge is 0.0487 e. The molecule has 1 aromatic rings. The normalized spacial score (nSPS) is 14.6. The van der Waals surface area contributed by atoms with Crippen molar-refractivity contribution in [3.63, 3.8) is 0 Å². The molecule has 1 saturated heterocycles. The molecule has 2 heterocycles. The summed E-state index contributed by atoms with van der Waals surface area (Å²) in [6, 6.07) is 1.83. The first-order chi connectivity index (χ1) is 6.50. The fraction of sp³-hybridized carbons (Fsp3) is 0.700.